The lowest BCUT2D eigenvalue weighted by Gasteiger charge is -2.37. The van der Waals surface area contributed by atoms with Crippen LogP contribution in [0.3, 0.4) is 0 Å². The second-order valence-corrected chi connectivity index (χ2v) is 10.6. The highest BCUT2D eigenvalue weighted by Gasteiger charge is 2.29. The van der Waals surface area contributed by atoms with E-state index in [-0.39, 0.29) is 11.7 Å². The number of hydrogen-bond acceptors (Lipinski definition) is 5. The minimum Gasteiger partial charge on any atom is -0.399 e. The predicted octanol–water partition coefficient (Wildman–Crippen LogP) is 4.94. The Kier molecular flexibility index (Phi) is 7.51. The summed E-state index contributed by atoms with van der Waals surface area (Å²) in [5, 5.41) is 5.09. The summed E-state index contributed by atoms with van der Waals surface area (Å²) in [6.45, 7) is 4.74. The van der Waals surface area contributed by atoms with Crippen molar-refractivity contribution in [3.63, 3.8) is 0 Å². The van der Waals surface area contributed by atoms with Gasteiger partial charge in [0.05, 0.1) is 5.69 Å². The van der Waals surface area contributed by atoms with Crippen LogP contribution in [0.15, 0.2) is 78.9 Å². The van der Waals surface area contributed by atoms with Crippen molar-refractivity contribution >= 4 is 23.1 Å². The van der Waals surface area contributed by atoms with Crippen molar-refractivity contribution in [1.82, 2.24) is 14.7 Å². The summed E-state index contributed by atoms with van der Waals surface area (Å²) in [6, 6.07) is 24.0. The highest BCUT2D eigenvalue weighted by molar-refractivity contribution is 6.06. The predicted molar refractivity (Wildman–Crippen MR) is 158 cm³/mol. The molecule has 1 aliphatic heterocycles. The maximum atomic E-state index is 14.0. The van der Waals surface area contributed by atoms with Gasteiger partial charge in [-0.1, -0.05) is 18.2 Å². The third kappa shape index (κ3) is 5.45. The Morgan fingerprint density at radius 1 is 0.850 bits per heavy atom. The van der Waals surface area contributed by atoms with Gasteiger partial charge in [-0.25, -0.2) is 9.07 Å². The largest absolute Gasteiger partial charge is 0.399 e. The van der Waals surface area contributed by atoms with Crippen molar-refractivity contribution in [3.8, 4) is 5.69 Å². The molecule has 0 radical (unpaired) electrons. The number of carbonyl (C=O) groups is 1. The quantitative estimate of drug-likeness (QED) is 0.338. The van der Waals surface area contributed by atoms with Crippen LogP contribution in [0.2, 0.25) is 0 Å². The van der Waals surface area contributed by atoms with E-state index in [1.165, 1.54) is 23.4 Å². The Morgan fingerprint density at radius 2 is 1.55 bits per heavy atom. The first-order chi connectivity index (χ1) is 19.6. The molecule has 2 aliphatic rings. The normalized spacial score (nSPS) is 15.6. The van der Waals surface area contributed by atoms with Crippen LogP contribution in [0.1, 0.15) is 34.5 Å². The molecule has 1 aliphatic carbocycles. The lowest BCUT2D eigenvalue weighted by atomic mass is 9.96. The molecule has 1 aromatic heterocycles. The van der Waals surface area contributed by atoms with E-state index in [1.54, 1.807) is 24.3 Å². The Morgan fingerprint density at radius 3 is 2.27 bits per heavy atom. The zero-order valence-electron chi connectivity index (χ0n) is 22.7. The van der Waals surface area contributed by atoms with E-state index in [0.717, 1.165) is 75.6 Å². The highest BCUT2D eigenvalue weighted by atomic mass is 19.1. The summed E-state index contributed by atoms with van der Waals surface area (Å²) < 4.78 is 15.4. The second kappa shape index (κ2) is 11.5. The zero-order valence-corrected chi connectivity index (χ0v) is 22.7. The van der Waals surface area contributed by atoms with Gasteiger partial charge in [0.2, 0.25) is 0 Å². The Bertz CT molecular complexity index is 1440. The van der Waals surface area contributed by atoms with Gasteiger partial charge in [0.15, 0.2) is 5.82 Å². The average molecular weight is 539 g/mol. The van der Waals surface area contributed by atoms with Crippen LogP contribution in [0, 0.1) is 5.82 Å². The smallest absolute Gasteiger partial charge is 0.259 e. The number of piperazine rings is 1. The molecule has 1 fully saturated rings. The van der Waals surface area contributed by atoms with Crippen LogP contribution >= 0.6 is 0 Å². The molecule has 8 heteroatoms. The third-order valence-corrected chi connectivity index (χ3v) is 8.02. The molecular formula is C32H35FN6O. The monoisotopic (exact) mass is 538 g/mol. The fourth-order valence-corrected chi connectivity index (χ4v) is 5.79. The molecule has 0 saturated carbocycles. The molecule has 0 unspecified atom stereocenters. The van der Waals surface area contributed by atoms with Gasteiger partial charge in [0.1, 0.15) is 5.82 Å². The minimum atomic E-state index is -0.217. The lowest BCUT2D eigenvalue weighted by Crippen LogP contribution is -2.49. The fraction of sp³-hybridized carbons (Fsp3) is 0.312. The van der Waals surface area contributed by atoms with Gasteiger partial charge in [-0.15, -0.1) is 5.10 Å². The number of hydrogen-bond donors (Lipinski definition) is 1. The van der Waals surface area contributed by atoms with Gasteiger partial charge >= 0.3 is 0 Å². The highest BCUT2D eigenvalue weighted by Crippen LogP contribution is 2.33. The number of benzene rings is 3. The number of nitrogen functional groups attached to an aromatic ring is 1. The summed E-state index contributed by atoms with van der Waals surface area (Å²) in [7, 11) is 0. The molecule has 4 aromatic rings. The first-order valence-corrected chi connectivity index (χ1v) is 14.1. The second-order valence-electron chi connectivity index (χ2n) is 10.6. The molecule has 0 spiro atoms. The first-order valence-electron chi connectivity index (χ1n) is 14.1. The number of fused-ring (bicyclic) bond motifs is 1. The molecule has 1 amide bonds. The number of carbonyl (C=O) groups excluding carboxylic acids is 1. The maximum absolute atomic E-state index is 14.0. The first kappa shape index (κ1) is 26.1. The SMILES string of the molecule is Nc1ccc(C(=O)N(CCN2CCN(c3ccc(F)cc3)CC2)c2nn(-c3ccccc3)c3c2CCCC3)cc1. The Labute approximate surface area is 234 Å². The maximum Gasteiger partial charge on any atom is 0.259 e. The Balaban J connectivity index is 1.25. The van der Waals surface area contributed by atoms with Gasteiger partial charge in [0.25, 0.3) is 5.91 Å². The van der Waals surface area contributed by atoms with Crippen molar-refractivity contribution in [2.75, 3.05) is 54.8 Å². The van der Waals surface area contributed by atoms with Crippen LogP contribution in [0.4, 0.5) is 21.6 Å². The van der Waals surface area contributed by atoms with Gasteiger partial charge < -0.3 is 10.6 Å². The number of rotatable bonds is 7. The number of aromatic nitrogens is 2. The molecule has 40 heavy (non-hydrogen) atoms. The molecular weight excluding hydrogens is 503 g/mol. The molecule has 7 nitrogen and oxygen atoms in total. The minimum absolute atomic E-state index is 0.0592. The van der Waals surface area contributed by atoms with E-state index < -0.39 is 0 Å². The molecule has 2 N–H and O–H groups in total. The number of nitrogens with two attached hydrogens (primary N) is 1. The van der Waals surface area contributed by atoms with Crippen molar-refractivity contribution in [3.05, 3.63) is 102 Å². The molecule has 1 saturated heterocycles. The lowest BCUT2D eigenvalue weighted by molar-refractivity contribution is 0.0982. The van der Waals surface area contributed by atoms with E-state index >= 15 is 0 Å². The van der Waals surface area contributed by atoms with Crippen molar-refractivity contribution in [2.24, 2.45) is 0 Å². The van der Waals surface area contributed by atoms with E-state index in [0.29, 0.717) is 17.8 Å². The number of anilines is 3. The van der Waals surface area contributed by atoms with Gasteiger partial charge in [0, 0.05) is 67.5 Å². The van der Waals surface area contributed by atoms with Crippen LogP contribution in [-0.2, 0) is 12.8 Å². The van der Waals surface area contributed by atoms with Gasteiger partial charge in [-0.2, -0.15) is 0 Å². The Hall–Kier alpha value is -4.17. The molecule has 0 atom stereocenters. The number of halogens is 1. The number of nitrogens with zero attached hydrogens (tertiary/aromatic N) is 5. The van der Waals surface area contributed by atoms with Crippen molar-refractivity contribution in [1.29, 1.82) is 0 Å². The summed E-state index contributed by atoms with van der Waals surface area (Å²) in [6.07, 6.45) is 4.08. The summed E-state index contributed by atoms with van der Waals surface area (Å²) in [4.78, 5) is 20.6. The van der Waals surface area contributed by atoms with Crippen LogP contribution in [0.25, 0.3) is 5.69 Å². The zero-order chi connectivity index (χ0) is 27.5. The van der Waals surface area contributed by atoms with Crippen LogP contribution in [0.5, 0.6) is 0 Å². The van der Waals surface area contributed by atoms with E-state index in [1.807, 2.05) is 39.9 Å². The molecule has 3 aromatic carbocycles. The summed E-state index contributed by atoms with van der Waals surface area (Å²) >= 11 is 0. The van der Waals surface area contributed by atoms with Crippen molar-refractivity contribution < 1.29 is 9.18 Å². The van der Waals surface area contributed by atoms with E-state index in [2.05, 4.69) is 21.9 Å². The van der Waals surface area contributed by atoms with Crippen molar-refractivity contribution in [2.45, 2.75) is 25.7 Å². The third-order valence-electron chi connectivity index (χ3n) is 8.02. The molecule has 0 bridgehead atoms. The van der Waals surface area contributed by atoms with E-state index in [4.69, 9.17) is 10.8 Å². The average Bonchev–Trinajstić information content (AvgIpc) is 3.38. The van der Waals surface area contributed by atoms with Crippen LogP contribution < -0.4 is 15.5 Å². The number of para-hydroxylation sites is 1. The summed E-state index contributed by atoms with van der Waals surface area (Å²) in [5.74, 6) is 0.492. The molecule has 2 heterocycles. The fourth-order valence-electron chi connectivity index (χ4n) is 5.79. The topological polar surface area (TPSA) is 70.6 Å². The summed E-state index contributed by atoms with van der Waals surface area (Å²) in [5.41, 5.74) is 11.6. The number of amides is 1. The molecule has 6 rings (SSSR count). The van der Waals surface area contributed by atoms with E-state index in [9.17, 15) is 9.18 Å². The van der Waals surface area contributed by atoms with Gasteiger partial charge in [-0.3, -0.25) is 14.6 Å². The standard InChI is InChI=1S/C32H35FN6O/c33-25-12-16-27(17-13-25)37-21-18-36(19-22-37)20-23-38(32(40)24-10-14-26(34)15-11-24)31-29-8-4-5-9-30(29)39(35-31)28-6-2-1-3-7-28/h1-3,6-7,10-17H,4-5,8-9,18-23,34H2. The van der Waals surface area contributed by atoms with Crippen LogP contribution in [-0.4, -0.2) is 59.9 Å². The molecule has 206 valence electrons. The van der Waals surface area contributed by atoms with Gasteiger partial charge in [-0.05, 0) is 86.3 Å².